The molecule has 0 saturated heterocycles. The van der Waals surface area contributed by atoms with Crippen molar-refractivity contribution in [1.29, 1.82) is 0 Å². The fourth-order valence-electron chi connectivity index (χ4n) is 2.51. The molecule has 0 spiro atoms. The molecular formula is C15H12ClF3N6O2. The Morgan fingerprint density at radius 3 is 2.59 bits per heavy atom. The quantitative estimate of drug-likeness (QED) is 0.491. The second-order valence-electron chi connectivity index (χ2n) is 5.84. The van der Waals surface area contributed by atoms with Crippen LogP contribution in [-0.2, 0) is 12.7 Å². The molecule has 3 rings (SSSR count). The van der Waals surface area contributed by atoms with Gasteiger partial charge in [-0.3, -0.25) is 10.1 Å². The number of fused-ring (bicyclic) bond motifs is 1. The van der Waals surface area contributed by atoms with Crippen LogP contribution < -0.4 is 4.90 Å². The SMILES string of the molecule is CN(C)c1nc(C(F)(F)F)nc2c1ncn2Cc1ccc(Cl)cc1[N+](=O)[O-]. The molecule has 0 amide bonds. The number of nitro groups is 1. The highest BCUT2D eigenvalue weighted by Crippen LogP contribution is 2.31. The molecule has 27 heavy (non-hydrogen) atoms. The number of hydrogen-bond acceptors (Lipinski definition) is 6. The standard InChI is InChI=1S/C15H12ClF3N6O2/c1-23(2)12-11-13(22-14(21-12)15(17,18)19)24(7-20-11)6-8-3-4-9(16)5-10(8)25(26)27/h3-5,7H,6H2,1-2H3. The number of nitro benzene ring substituents is 1. The Morgan fingerprint density at radius 1 is 1.30 bits per heavy atom. The molecule has 1 aromatic carbocycles. The third kappa shape index (κ3) is 3.63. The maximum Gasteiger partial charge on any atom is 0.451 e. The van der Waals surface area contributed by atoms with Crippen LogP contribution in [0.4, 0.5) is 24.7 Å². The van der Waals surface area contributed by atoms with E-state index in [1.54, 1.807) is 0 Å². The molecule has 0 bridgehead atoms. The molecule has 0 unspecified atom stereocenters. The predicted octanol–water partition coefficient (Wildman–Crippen LogP) is 3.52. The fraction of sp³-hybridized carbons (Fsp3) is 0.267. The van der Waals surface area contributed by atoms with E-state index in [0.29, 0.717) is 0 Å². The number of nitrogens with zero attached hydrogens (tertiary/aromatic N) is 6. The van der Waals surface area contributed by atoms with Crippen LogP contribution >= 0.6 is 11.6 Å². The first-order valence-corrected chi connectivity index (χ1v) is 7.86. The summed E-state index contributed by atoms with van der Waals surface area (Å²) in [5.41, 5.74) is 0.0828. The Hall–Kier alpha value is -2.95. The third-order valence-electron chi connectivity index (χ3n) is 3.71. The lowest BCUT2D eigenvalue weighted by Crippen LogP contribution is -2.18. The van der Waals surface area contributed by atoms with Crippen molar-refractivity contribution < 1.29 is 18.1 Å². The topological polar surface area (TPSA) is 90.0 Å². The van der Waals surface area contributed by atoms with Crippen LogP contribution in [0.1, 0.15) is 11.4 Å². The van der Waals surface area contributed by atoms with Gasteiger partial charge in [-0.1, -0.05) is 11.6 Å². The number of halogens is 4. The van der Waals surface area contributed by atoms with Gasteiger partial charge < -0.3 is 9.47 Å². The van der Waals surface area contributed by atoms with Crippen LogP contribution in [0.15, 0.2) is 24.5 Å². The van der Waals surface area contributed by atoms with Gasteiger partial charge in [0.25, 0.3) is 5.69 Å². The van der Waals surface area contributed by atoms with Crippen LogP contribution in [0.2, 0.25) is 5.02 Å². The zero-order valence-electron chi connectivity index (χ0n) is 14.0. The minimum atomic E-state index is -4.75. The molecular weight excluding hydrogens is 389 g/mol. The fourth-order valence-corrected chi connectivity index (χ4v) is 2.67. The van der Waals surface area contributed by atoms with E-state index in [0.717, 1.165) is 0 Å². The van der Waals surface area contributed by atoms with Crippen molar-refractivity contribution in [3.63, 3.8) is 0 Å². The van der Waals surface area contributed by atoms with Crippen molar-refractivity contribution >= 4 is 34.3 Å². The van der Waals surface area contributed by atoms with E-state index in [1.807, 2.05) is 0 Å². The van der Waals surface area contributed by atoms with Crippen molar-refractivity contribution in [1.82, 2.24) is 19.5 Å². The van der Waals surface area contributed by atoms with E-state index in [-0.39, 0.29) is 39.8 Å². The Labute approximate surface area is 155 Å². The van der Waals surface area contributed by atoms with Crippen molar-refractivity contribution in [3.8, 4) is 0 Å². The van der Waals surface area contributed by atoms with Crippen LogP contribution in [0.5, 0.6) is 0 Å². The summed E-state index contributed by atoms with van der Waals surface area (Å²) in [6.07, 6.45) is -3.48. The summed E-state index contributed by atoms with van der Waals surface area (Å²) >= 11 is 5.79. The van der Waals surface area contributed by atoms with Gasteiger partial charge in [0.15, 0.2) is 17.0 Å². The average Bonchev–Trinajstić information content (AvgIpc) is 2.97. The van der Waals surface area contributed by atoms with Crippen LogP contribution in [0.25, 0.3) is 11.2 Å². The zero-order chi connectivity index (χ0) is 19.9. The van der Waals surface area contributed by atoms with E-state index in [2.05, 4.69) is 15.0 Å². The summed E-state index contributed by atoms with van der Waals surface area (Å²) in [5.74, 6) is -1.32. The van der Waals surface area contributed by atoms with E-state index < -0.39 is 16.9 Å². The third-order valence-corrected chi connectivity index (χ3v) is 3.94. The molecule has 0 aliphatic heterocycles. The van der Waals surface area contributed by atoms with Crippen LogP contribution in [-0.4, -0.2) is 38.5 Å². The lowest BCUT2D eigenvalue weighted by molar-refractivity contribution is -0.385. The number of anilines is 1. The van der Waals surface area contributed by atoms with Gasteiger partial charge in [-0.15, -0.1) is 0 Å². The Balaban J connectivity index is 2.17. The van der Waals surface area contributed by atoms with E-state index in [4.69, 9.17) is 11.6 Å². The van der Waals surface area contributed by atoms with Gasteiger partial charge in [-0.2, -0.15) is 13.2 Å². The smallest absolute Gasteiger partial charge is 0.361 e. The Morgan fingerprint density at radius 2 is 2.00 bits per heavy atom. The van der Waals surface area contributed by atoms with Gasteiger partial charge >= 0.3 is 6.18 Å². The van der Waals surface area contributed by atoms with Gasteiger partial charge in [-0.25, -0.2) is 15.0 Å². The molecule has 8 nitrogen and oxygen atoms in total. The largest absolute Gasteiger partial charge is 0.451 e. The van der Waals surface area contributed by atoms with Crippen molar-refractivity contribution in [2.45, 2.75) is 12.7 Å². The maximum atomic E-state index is 13.2. The van der Waals surface area contributed by atoms with E-state index in [1.165, 1.54) is 48.1 Å². The van der Waals surface area contributed by atoms with E-state index >= 15 is 0 Å². The molecule has 3 aromatic rings. The molecule has 2 aromatic heterocycles. The number of imidazole rings is 1. The lowest BCUT2D eigenvalue weighted by atomic mass is 10.2. The lowest BCUT2D eigenvalue weighted by Gasteiger charge is -2.14. The highest BCUT2D eigenvalue weighted by molar-refractivity contribution is 6.30. The van der Waals surface area contributed by atoms with Crippen molar-refractivity contribution in [2.75, 3.05) is 19.0 Å². The molecule has 0 fully saturated rings. The first-order valence-electron chi connectivity index (χ1n) is 7.48. The first kappa shape index (κ1) is 18.8. The molecule has 0 aliphatic rings. The van der Waals surface area contributed by atoms with Gasteiger partial charge in [-0.05, 0) is 12.1 Å². The summed E-state index contributed by atoms with van der Waals surface area (Å²) in [6, 6.07) is 4.08. The van der Waals surface area contributed by atoms with Gasteiger partial charge in [0.1, 0.15) is 0 Å². The van der Waals surface area contributed by atoms with Gasteiger partial charge in [0.05, 0.1) is 17.8 Å². The summed E-state index contributed by atoms with van der Waals surface area (Å²) in [7, 11) is 3.07. The molecule has 142 valence electrons. The van der Waals surface area contributed by atoms with Crippen LogP contribution in [0, 0.1) is 10.1 Å². The summed E-state index contributed by atoms with van der Waals surface area (Å²) in [6.45, 7) is -0.106. The number of hydrogen-bond donors (Lipinski definition) is 0. The second-order valence-corrected chi connectivity index (χ2v) is 6.27. The average molecular weight is 401 g/mol. The molecule has 0 aliphatic carbocycles. The van der Waals surface area contributed by atoms with Gasteiger partial charge in [0.2, 0.25) is 5.82 Å². The Bertz CT molecular complexity index is 1030. The number of benzene rings is 1. The number of aromatic nitrogens is 4. The molecule has 0 N–H and O–H groups in total. The predicted molar refractivity (Wildman–Crippen MR) is 91.9 cm³/mol. The number of rotatable bonds is 4. The second kappa shape index (κ2) is 6.65. The minimum Gasteiger partial charge on any atom is -0.361 e. The van der Waals surface area contributed by atoms with Crippen molar-refractivity contribution in [2.24, 2.45) is 0 Å². The molecule has 2 heterocycles. The molecule has 0 atom stereocenters. The Kier molecular flexibility index (Phi) is 4.64. The highest BCUT2D eigenvalue weighted by Gasteiger charge is 2.36. The molecule has 0 radical (unpaired) electrons. The van der Waals surface area contributed by atoms with Crippen LogP contribution in [0.3, 0.4) is 0 Å². The number of alkyl halides is 3. The minimum absolute atomic E-state index is 0.00307. The highest BCUT2D eigenvalue weighted by atomic mass is 35.5. The zero-order valence-corrected chi connectivity index (χ0v) is 14.8. The monoisotopic (exact) mass is 400 g/mol. The maximum absolute atomic E-state index is 13.2. The van der Waals surface area contributed by atoms with Crippen molar-refractivity contribution in [3.05, 3.63) is 51.1 Å². The first-order chi connectivity index (χ1) is 12.6. The summed E-state index contributed by atoms with van der Waals surface area (Å²) in [5, 5.41) is 11.4. The summed E-state index contributed by atoms with van der Waals surface area (Å²) < 4.78 is 40.8. The van der Waals surface area contributed by atoms with Gasteiger partial charge in [0, 0.05) is 30.7 Å². The molecule has 0 saturated carbocycles. The molecule has 12 heteroatoms. The normalized spacial score (nSPS) is 11.8. The summed E-state index contributed by atoms with van der Waals surface area (Å²) in [4.78, 5) is 23.2. The van der Waals surface area contributed by atoms with E-state index in [9.17, 15) is 23.3 Å².